The van der Waals surface area contributed by atoms with Gasteiger partial charge in [0, 0.05) is 18.4 Å². The molecule has 0 amide bonds. The Morgan fingerprint density at radius 3 is 1.72 bits per heavy atom. The minimum absolute atomic E-state index is 0.135. The first-order valence-corrected chi connectivity index (χ1v) is 13.9. The molecule has 0 fully saturated rings. The van der Waals surface area contributed by atoms with Crippen molar-refractivity contribution in [3.8, 4) is 5.75 Å². The van der Waals surface area contributed by atoms with Gasteiger partial charge in [-0.05, 0) is 67.9 Å². The maximum absolute atomic E-state index is 13.8. The van der Waals surface area contributed by atoms with Gasteiger partial charge in [-0.2, -0.15) is 0 Å². The monoisotopic (exact) mass is 449 g/mol. The van der Waals surface area contributed by atoms with Crippen molar-refractivity contribution in [3.05, 3.63) is 102 Å². The zero-order valence-electron chi connectivity index (χ0n) is 19.2. The highest BCUT2D eigenvalue weighted by atomic mass is 31.2. The molecule has 2 N–H and O–H groups in total. The number of benzene rings is 3. The van der Waals surface area contributed by atoms with E-state index in [-0.39, 0.29) is 6.04 Å². The molecular weight excluding hydrogens is 413 g/mol. The van der Waals surface area contributed by atoms with Crippen molar-refractivity contribution in [2.24, 2.45) is 5.73 Å². The summed E-state index contributed by atoms with van der Waals surface area (Å²) in [4.78, 5) is 0. The van der Waals surface area contributed by atoms with Crippen LogP contribution in [0.25, 0.3) is 0 Å². The zero-order chi connectivity index (χ0) is 22.7. The average molecular weight is 450 g/mol. The van der Waals surface area contributed by atoms with E-state index < -0.39 is 7.14 Å². The minimum Gasteiger partial charge on any atom is -0.486 e. The van der Waals surface area contributed by atoms with E-state index in [0.717, 1.165) is 50.2 Å². The Hall–Kier alpha value is -2.35. The normalized spacial score (nSPS) is 12.4. The smallest absolute Gasteiger partial charge is 0.141 e. The van der Waals surface area contributed by atoms with Crippen LogP contribution in [-0.2, 0) is 23.8 Å². The van der Waals surface area contributed by atoms with Crippen molar-refractivity contribution in [1.82, 2.24) is 0 Å². The van der Waals surface area contributed by atoms with Crippen LogP contribution in [0, 0.1) is 0 Å². The molecule has 3 aromatic rings. The quantitative estimate of drug-likeness (QED) is 0.301. The van der Waals surface area contributed by atoms with Gasteiger partial charge in [0.25, 0.3) is 0 Å². The van der Waals surface area contributed by atoms with Crippen LogP contribution >= 0.6 is 7.14 Å². The standard InChI is InChI=1S/C28H36NO2P/c1-24(29)22-27-16-18-28(19-17-27)31-23-32(30,20-8-14-25-10-4-2-5-11-25)21-9-15-26-12-6-3-7-13-26/h2-7,10-13,16-19,24H,8-9,14-15,20-23,29H2,1H3. The van der Waals surface area contributed by atoms with Crippen molar-refractivity contribution >= 4 is 7.14 Å². The van der Waals surface area contributed by atoms with Crippen LogP contribution in [0.1, 0.15) is 36.5 Å². The summed E-state index contributed by atoms with van der Waals surface area (Å²) in [6.45, 7) is 2.01. The first kappa shape index (κ1) is 24.3. The Kier molecular flexibility index (Phi) is 9.59. The highest BCUT2D eigenvalue weighted by molar-refractivity contribution is 7.63. The van der Waals surface area contributed by atoms with E-state index in [1.165, 1.54) is 16.7 Å². The van der Waals surface area contributed by atoms with E-state index in [9.17, 15) is 4.57 Å². The van der Waals surface area contributed by atoms with Gasteiger partial charge in [-0.25, -0.2) is 0 Å². The van der Waals surface area contributed by atoms with E-state index >= 15 is 0 Å². The Balaban J connectivity index is 1.57. The van der Waals surface area contributed by atoms with Gasteiger partial charge >= 0.3 is 0 Å². The summed E-state index contributed by atoms with van der Waals surface area (Å²) in [5.74, 6) is 0.782. The molecule has 0 bridgehead atoms. The van der Waals surface area contributed by atoms with Gasteiger partial charge < -0.3 is 15.0 Å². The molecule has 0 spiro atoms. The summed E-state index contributed by atoms with van der Waals surface area (Å²) < 4.78 is 19.9. The van der Waals surface area contributed by atoms with Crippen LogP contribution in [-0.4, -0.2) is 24.7 Å². The Morgan fingerprint density at radius 2 is 1.25 bits per heavy atom. The molecule has 0 radical (unpaired) electrons. The molecule has 1 atom stereocenters. The molecule has 1 unspecified atom stereocenters. The SMILES string of the molecule is CC(N)Cc1ccc(OCP(=O)(CCCc2ccccc2)CCCc2ccccc2)cc1. The van der Waals surface area contributed by atoms with Crippen LogP contribution in [0.5, 0.6) is 5.75 Å². The van der Waals surface area contributed by atoms with Crippen molar-refractivity contribution < 1.29 is 9.30 Å². The summed E-state index contributed by atoms with van der Waals surface area (Å²) in [5, 5.41) is 0. The van der Waals surface area contributed by atoms with Gasteiger partial charge in [-0.1, -0.05) is 72.8 Å². The molecule has 0 saturated carbocycles. The Morgan fingerprint density at radius 1 is 0.750 bits per heavy atom. The number of nitrogens with two attached hydrogens (primary N) is 1. The lowest BCUT2D eigenvalue weighted by Crippen LogP contribution is -2.17. The van der Waals surface area contributed by atoms with Gasteiger partial charge in [0.15, 0.2) is 0 Å². The molecule has 3 aromatic carbocycles. The van der Waals surface area contributed by atoms with Crippen molar-refractivity contribution in [3.63, 3.8) is 0 Å². The van der Waals surface area contributed by atoms with Gasteiger partial charge in [0.1, 0.15) is 19.2 Å². The zero-order valence-corrected chi connectivity index (χ0v) is 20.1. The third kappa shape index (κ3) is 8.65. The predicted octanol–water partition coefficient (Wildman–Crippen LogP) is 6.54. The highest BCUT2D eigenvalue weighted by Crippen LogP contribution is 2.47. The third-order valence-electron chi connectivity index (χ3n) is 5.70. The van der Waals surface area contributed by atoms with Crippen molar-refractivity contribution in [2.45, 2.75) is 45.1 Å². The summed E-state index contributed by atoms with van der Waals surface area (Å²) in [6, 6.07) is 29.0. The number of hydrogen-bond acceptors (Lipinski definition) is 3. The first-order valence-electron chi connectivity index (χ1n) is 11.6. The van der Waals surface area contributed by atoms with Crippen molar-refractivity contribution in [2.75, 3.05) is 18.7 Å². The lowest BCUT2D eigenvalue weighted by molar-refractivity contribution is 0.375. The second-order valence-corrected chi connectivity index (χ2v) is 12.1. The fourth-order valence-corrected chi connectivity index (χ4v) is 6.29. The molecule has 0 aliphatic carbocycles. The maximum Gasteiger partial charge on any atom is 0.141 e. The molecule has 3 nitrogen and oxygen atoms in total. The molecule has 0 saturated heterocycles. The van der Waals surface area contributed by atoms with Crippen LogP contribution in [0.15, 0.2) is 84.9 Å². The Bertz CT molecular complexity index is 906. The molecular formula is C28H36NO2P. The van der Waals surface area contributed by atoms with E-state index in [1.54, 1.807) is 0 Å². The van der Waals surface area contributed by atoms with E-state index in [0.29, 0.717) is 6.35 Å². The van der Waals surface area contributed by atoms with Gasteiger partial charge in [-0.15, -0.1) is 0 Å². The summed E-state index contributed by atoms with van der Waals surface area (Å²) >= 11 is 0. The van der Waals surface area contributed by atoms with Gasteiger partial charge in [0.2, 0.25) is 0 Å². The topological polar surface area (TPSA) is 52.3 Å². The van der Waals surface area contributed by atoms with Crippen LogP contribution in [0.2, 0.25) is 0 Å². The number of aryl methyl sites for hydroxylation is 2. The van der Waals surface area contributed by atoms with E-state index in [2.05, 4.69) is 60.7 Å². The summed E-state index contributed by atoms with van der Waals surface area (Å²) in [7, 11) is -2.44. The minimum atomic E-state index is -2.44. The molecule has 0 aliphatic heterocycles. The number of hydrogen-bond donors (Lipinski definition) is 1. The summed E-state index contributed by atoms with van der Waals surface area (Å²) in [5.41, 5.74) is 9.68. The maximum atomic E-state index is 13.8. The molecule has 0 heterocycles. The number of ether oxygens (including phenoxy) is 1. The lowest BCUT2D eigenvalue weighted by Gasteiger charge is -2.19. The molecule has 4 heteroatoms. The lowest BCUT2D eigenvalue weighted by atomic mass is 10.1. The third-order valence-corrected chi connectivity index (χ3v) is 8.56. The van der Waals surface area contributed by atoms with E-state index in [4.69, 9.17) is 10.5 Å². The van der Waals surface area contributed by atoms with Crippen LogP contribution in [0.3, 0.4) is 0 Å². The second-order valence-electron chi connectivity index (χ2n) is 8.78. The first-order chi connectivity index (χ1) is 15.5. The largest absolute Gasteiger partial charge is 0.486 e. The Labute approximate surface area is 193 Å². The average Bonchev–Trinajstić information content (AvgIpc) is 2.80. The molecule has 170 valence electrons. The van der Waals surface area contributed by atoms with Crippen molar-refractivity contribution in [1.29, 1.82) is 0 Å². The van der Waals surface area contributed by atoms with Gasteiger partial charge in [-0.3, -0.25) is 0 Å². The van der Waals surface area contributed by atoms with Crippen LogP contribution < -0.4 is 10.5 Å². The molecule has 0 aliphatic rings. The molecule has 32 heavy (non-hydrogen) atoms. The fraction of sp³-hybridized carbons (Fsp3) is 0.357. The molecule has 3 rings (SSSR count). The second kappa shape index (κ2) is 12.6. The summed E-state index contributed by atoms with van der Waals surface area (Å²) in [6.07, 6.45) is 6.34. The number of rotatable bonds is 13. The van der Waals surface area contributed by atoms with Crippen LogP contribution in [0.4, 0.5) is 0 Å². The fourth-order valence-electron chi connectivity index (χ4n) is 3.96. The highest BCUT2D eigenvalue weighted by Gasteiger charge is 2.22. The van der Waals surface area contributed by atoms with Gasteiger partial charge in [0.05, 0.1) is 0 Å². The molecule has 0 aromatic heterocycles. The van der Waals surface area contributed by atoms with E-state index in [1.807, 2.05) is 31.2 Å². The predicted molar refractivity (Wildman–Crippen MR) is 136 cm³/mol.